The van der Waals surface area contributed by atoms with Crippen LogP contribution in [-0.2, 0) is 0 Å². The Kier molecular flexibility index (Phi) is 5.08. The molecule has 4 heteroatoms. The summed E-state index contributed by atoms with van der Waals surface area (Å²) in [6.45, 7) is 0.464. The van der Waals surface area contributed by atoms with Crippen LogP contribution in [0.4, 0.5) is 4.79 Å². The summed E-state index contributed by atoms with van der Waals surface area (Å²) < 4.78 is 0. The van der Waals surface area contributed by atoms with E-state index >= 15 is 0 Å². The molecule has 2 fully saturated rings. The van der Waals surface area contributed by atoms with Crippen molar-refractivity contribution in [2.24, 2.45) is 0 Å². The summed E-state index contributed by atoms with van der Waals surface area (Å²) in [5.74, 6) is 0. The van der Waals surface area contributed by atoms with Gasteiger partial charge in [-0.3, -0.25) is 0 Å². The first-order chi connectivity index (χ1) is 9.09. The fourth-order valence-corrected chi connectivity index (χ4v) is 3.41. The van der Waals surface area contributed by atoms with Gasteiger partial charge in [0.2, 0.25) is 0 Å². The van der Waals surface area contributed by atoms with E-state index in [1.54, 1.807) is 11.9 Å². The number of urea groups is 1. The van der Waals surface area contributed by atoms with Crippen LogP contribution in [0.1, 0.15) is 64.2 Å². The first-order valence-corrected chi connectivity index (χ1v) is 7.83. The number of aliphatic hydroxyl groups is 1. The summed E-state index contributed by atoms with van der Waals surface area (Å²) in [5, 5.41) is 13.5. The minimum Gasteiger partial charge on any atom is -0.388 e. The Morgan fingerprint density at radius 2 is 1.74 bits per heavy atom. The Balaban J connectivity index is 1.78. The van der Waals surface area contributed by atoms with Crippen molar-refractivity contribution in [2.75, 3.05) is 13.6 Å². The quantitative estimate of drug-likeness (QED) is 0.773. The van der Waals surface area contributed by atoms with E-state index in [-0.39, 0.29) is 6.03 Å². The van der Waals surface area contributed by atoms with E-state index in [2.05, 4.69) is 5.32 Å². The number of nitrogens with zero attached hydrogens (tertiary/aromatic N) is 1. The zero-order chi connectivity index (χ0) is 13.7. The highest BCUT2D eigenvalue weighted by molar-refractivity contribution is 5.74. The second kappa shape index (κ2) is 6.60. The van der Waals surface area contributed by atoms with Gasteiger partial charge in [0, 0.05) is 13.1 Å². The molecular formula is C15H28N2O2. The van der Waals surface area contributed by atoms with Crippen molar-refractivity contribution < 1.29 is 9.90 Å². The Labute approximate surface area is 116 Å². The minimum absolute atomic E-state index is 0.0211. The standard InChI is InChI=1S/C15H28N2O2/c1-17(12-15(19)10-6-7-11-15)14(18)16-13-8-4-2-3-5-9-13/h13,19H,2-12H2,1H3,(H,16,18). The molecular weight excluding hydrogens is 240 g/mol. The second-order valence-electron chi connectivity index (χ2n) is 6.43. The van der Waals surface area contributed by atoms with E-state index in [0.717, 1.165) is 38.5 Å². The third-order valence-electron chi connectivity index (χ3n) is 4.60. The van der Waals surface area contributed by atoms with Gasteiger partial charge in [-0.1, -0.05) is 38.5 Å². The van der Waals surface area contributed by atoms with Gasteiger partial charge in [-0.25, -0.2) is 4.79 Å². The number of rotatable bonds is 3. The molecule has 0 aromatic carbocycles. The summed E-state index contributed by atoms with van der Waals surface area (Å²) in [5.41, 5.74) is -0.643. The van der Waals surface area contributed by atoms with Crippen LogP contribution in [0.15, 0.2) is 0 Å². The highest BCUT2D eigenvalue weighted by Crippen LogP contribution is 2.30. The minimum atomic E-state index is -0.643. The molecule has 110 valence electrons. The molecule has 0 bridgehead atoms. The molecule has 0 saturated heterocycles. The molecule has 0 heterocycles. The highest BCUT2D eigenvalue weighted by Gasteiger charge is 2.33. The smallest absolute Gasteiger partial charge is 0.317 e. The summed E-state index contributed by atoms with van der Waals surface area (Å²) in [6, 6.07) is 0.308. The molecule has 0 unspecified atom stereocenters. The van der Waals surface area contributed by atoms with E-state index in [1.165, 1.54) is 25.7 Å². The van der Waals surface area contributed by atoms with Gasteiger partial charge in [-0.2, -0.15) is 0 Å². The lowest BCUT2D eigenvalue weighted by atomic mass is 10.0. The number of hydrogen-bond donors (Lipinski definition) is 2. The van der Waals surface area contributed by atoms with Crippen molar-refractivity contribution >= 4 is 6.03 Å². The first-order valence-electron chi connectivity index (χ1n) is 7.83. The molecule has 4 nitrogen and oxygen atoms in total. The van der Waals surface area contributed by atoms with Crippen molar-refractivity contribution in [3.8, 4) is 0 Å². The van der Waals surface area contributed by atoms with Gasteiger partial charge in [-0.15, -0.1) is 0 Å². The molecule has 2 N–H and O–H groups in total. The zero-order valence-electron chi connectivity index (χ0n) is 12.2. The highest BCUT2D eigenvalue weighted by atomic mass is 16.3. The molecule has 2 rings (SSSR count). The van der Waals surface area contributed by atoms with Crippen LogP contribution >= 0.6 is 0 Å². The second-order valence-corrected chi connectivity index (χ2v) is 6.43. The van der Waals surface area contributed by atoms with E-state index < -0.39 is 5.60 Å². The normalized spacial score (nSPS) is 23.9. The van der Waals surface area contributed by atoms with Crippen LogP contribution in [0.2, 0.25) is 0 Å². The van der Waals surface area contributed by atoms with E-state index in [1.807, 2.05) is 0 Å². The molecule has 2 saturated carbocycles. The van der Waals surface area contributed by atoms with E-state index in [4.69, 9.17) is 0 Å². The average molecular weight is 268 g/mol. The molecule has 0 aromatic heterocycles. The van der Waals surface area contributed by atoms with Gasteiger partial charge in [-0.05, 0) is 25.7 Å². The SMILES string of the molecule is CN(CC1(O)CCCC1)C(=O)NC1CCCCCC1. The summed E-state index contributed by atoms with van der Waals surface area (Å²) in [4.78, 5) is 13.8. The van der Waals surface area contributed by atoms with Crippen molar-refractivity contribution in [3.63, 3.8) is 0 Å². The number of amides is 2. The lowest BCUT2D eigenvalue weighted by molar-refractivity contribution is 0.0244. The van der Waals surface area contributed by atoms with Gasteiger partial charge < -0.3 is 15.3 Å². The molecule has 19 heavy (non-hydrogen) atoms. The lowest BCUT2D eigenvalue weighted by Crippen LogP contribution is -2.48. The molecule has 0 atom stereocenters. The summed E-state index contributed by atoms with van der Waals surface area (Å²) in [6.07, 6.45) is 11.0. The van der Waals surface area contributed by atoms with Crippen LogP contribution in [0, 0.1) is 0 Å². The topological polar surface area (TPSA) is 52.6 Å². The monoisotopic (exact) mass is 268 g/mol. The van der Waals surface area contributed by atoms with Crippen LogP contribution in [0.5, 0.6) is 0 Å². The molecule has 0 aromatic rings. The maximum absolute atomic E-state index is 12.2. The molecule has 2 aliphatic rings. The molecule has 2 aliphatic carbocycles. The Morgan fingerprint density at radius 1 is 1.16 bits per heavy atom. The lowest BCUT2D eigenvalue weighted by Gasteiger charge is -2.30. The summed E-state index contributed by atoms with van der Waals surface area (Å²) >= 11 is 0. The number of carbonyl (C=O) groups excluding carboxylic acids is 1. The first kappa shape index (κ1) is 14.6. The van der Waals surface area contributed by atoms with Crippen molar-refractivity contribution in [1.82, 2.24) is 10.2 Å². The van der Waals surface area contributed by atoms with Crippen LogP contribution in [0.3, 0.4) is 0 Å². The van der Waals surface area contributed by atoms with Crippen LogP contribution in [-0.4, -0.2) is 41.3 Å². The van der Waals surface area contributed by atoms with E-state index in [9.17, 15) is 9.90 Å². The maximum atomic E-state index is 12.2. The number of carbonyl (C=O) groups is 1. The van der Waals surface area contributed by atoms with Gasteiger partial charge >= 0.3 is 6.03 Å². The predicted molar refractivity (Wildman–Crippen MR) is 76.1 cm³/mol. The van der Waals surface area contributed by atoms with Crippen molar-refractivity contribution in [3.05, 3.63) is 0 Å². The zero-order valence-corrected chi connectivity index (χ0v) is 12.2. The fraction of sp³-hybridized carbons (Fsp3) is 0.933. The maximum Gasteiger partial charge on any atom is 0.317 e. The Hall–Kier alpha value is -0.770. The molecule has 0 radical (unpaired) electrons. The third-order valence-corrected chi connectivity index (χ3v) is 4.60. The van der Waals surface area contributed by atoms with Gasteiger partial charge in [0.05, 0.1) is 12.1 Å². The van der Waals surface area contributed by atoms with Gasteiger partial charge in [0.1, 0.15) is 0 Å². The fourth-order valence-electron chi connectivity index (χ4n) is 3.41. The van der Waals surface area contributed by atoms with Crippen molar-refractivity contribution in [2.45, 2.75) is 75.9 Å². The number of likely N-dealkylation sites (N-methyl/N-ethyl adjacent to an activating group) is 1. The Morgan fingerprint density at radius 3 is 2.32 bits per heavy atom. The van der Waals surface area contributed by atoms with Crippen molar-refractivity contribution in [1.29, 1.82) is 0 Å². The largest absolute Gasteiger partial charge is 0.388 e. The van der Waals surface area contributed by atoms with Gasteiger partial charge in [0.15, 0.2) is 0 Å². The van der Waals surface area contributed by atoms with Gasteiger partial charge in [0.25, 0.3) is 0 Å². The Bertz CT molecular complexity index is 293. The number of hydrogen-bond acceptors (Lipinski definition) is 2. The van der Waals surface area contributed by atoms with E-state index in [0.29, 0.717) is 12.6 Å². The third kappa shape index (κ3) is 4.37. The van der Waals surface area contributed by atoms with Crippen LogP contribution < -0.4 is 5.32 Å². The molecule has 0 aliphatic heterocycles. The predicted octanol–water partition coefficient (Wildman–Crippen LogP) is 2.66. The molecule has 2 amide bonds. The number of nitrogens with one attached hydrogen (secondary N) is 1. The average Bonchev–Trinajstić information content (AvgIpc) is 2.64. The van der Waals surface area contributed by atoms with Crippen LogP contribution in [0.25, 0.3) is 0 Å². The summed E-state index contributed by atoms with van der Waals surface area (Å²) in [7, 11) is 1.79. The molecule has 0 spiro atoms.